The fraction of sp³-hybridized carbons (Fsp3) is 0.387. The molecule has 9 heteroatoms. The minimum Gasteiger partial charge on any atom is -0.444 e. The molecule has 2 aliphatic carbocycles. The van der Waals surface area contributed by atoms with Crippen LogP contribution in [0.3, 0.4) is 0 Å². The van der Waals surface area contributed by atoms with Gasteiger partial charge in [-0.25, -0.2) is 14.2 Å². The summed E-state index contributed by atoms with van der Waals surface area (Å²) in [6.45, 7) is 7.76. The number of pyridine rings is 1. The Morgan fingerprint density at radius 2 is 2.05 bits per heavy atom. The minimum absolute atomic E-state index is 0.218. The van der Waals surface area contributed by atoms with E-state index >= 15 is 0 Å². The van der Waals surface area contributed by atoms with E-state index in [1.54, 1.807) is 23.3 Å². The number of carbonyl (C=O) groups is 1. The van der Waals surface area contributed by atoms with Crippen molar-refractivity contribution in [2.24, 2.45) is 5.92 Å². The molecule has 3 heterocycles. The maximum atomic E-state index is 13.0. The Morgan fingerprint density at radius 1 is 1.18 bits per heavy atom. The van der Waals surface area contributed by atoms with Crippen molar-refractivity contribution in [1.29, 1.82) is 0 Å². The fourth-order valence-electron chi connectivity index (χ4n) is 5.24. The lowest BCUT2D eigenvalue weighted by molar-refractivity contribution is 0.0211. The van der Waals surface area contributed by atoms with Crippen molar-refractivity contribution < 1.29 is 9.53 Å². The number of carbonyl (C=O) groups excluding carboxylic acids is 1. The highest BCUT2D eigenvalue weighted by atomic mass is 16.6. The van der Waals surface area contributed by atoms with Gasteiger partial charge in [-0.15, -0.1) is 5.10 Å². The number of rotatable bonds is 8. The van der Waals surface area contributed by atoms with Crippen LogP contribution in [-0.2, 0) is 17.7 Å². The van der Waals surface area contributed by atoms with Gasteiger partial charge in [0.15, 0.2) is 0 Å². The van der Waals surface area contributed by atoms with Gasteiger partial charge in [-0.2, -0.15) is 5.10 Å². The topological polar surface area (TPSA) is 91.0 Å². The summed E-state index contributed by atoms with van der Waals surface area (Å²) >= 11 is 0. The van der Waals surface area contributed by atoms with Gasteiger partial charge in [0.25, 0.3) is 0 Å². The third-order valence-corrected chi connectivity index (χ3v) is 7.41. The summed E-state index contributed by atoms with van der Waals surface area (Å²) in [5, 5.41) is 13.0. The average Bonchev–Trinajstić information content (AvgIpc) is 3.65. The first-order valence-corrected chi connectivity index (χ1v) is 13.9. The Kier molecular flexibility index (Phi) is 6.96. The molecule has 0 radical (unpaired) electrons. The Bertz CT molecular complexity index is 1530. The summed E-state index contributed by atoms with van der Waals surface area (Å²) in [5.41, 5.74) is 6.91. The van der Waals surface area contributed by atoms with Gasteiger partial charge in [0, 0.05) is 37.2 Å². The molecule has 4 aromatic rings. The normalized spacial score (nSPS) is 14.9. The number of amides is 1. The van der Waals surface area contributed by atoms with Crippen molar-refractivity contribution >= 4 is 12.2 Å². The molecule has 1 aromatic carbocycles. The SMILES string of the molecule is CC(C)(C)OC(=O)N(CC1=Cc2ccc(Cn3cc(-c4cncc(-n5cccn5)c4)nn3)cc2C1)CC1CCC1. The van der Waals surface area contributed by atoms with Crippen LogP contribution in [0.15, 0.2) is 66.9 Å². The number of fused-ring (bicyclic) bond motifs is 1. The Balaban J connectivity index is 1.11. The van der Waals surface area contributed by atoms with Crippen LogP contribution in [0, 0.1) is 5.92 Å². The molecule has 2 aliphatic rings. The molecule has 0 atom stereocenters. The van der Waals surface area contributed by atoms with E-state index < -0.39 is 5.60 Å². The first-order chi connectivity index (χ1) is 19.3. The first kappa shape index (κ1) is 26.0. The lowest BCUT2D eigenvalue weighted by Gasteiger charge is -2.34. The molecular weight excluding hydrogens is 502 g/mol. The number of aromatic nitrogens is 6. The molecule has 0 aliphatic heterocycles. The highest BCUT2D eigenvalue weighted by Crippen LogP contribution is 2.31. The van der Waals surface area contributed by atoms with Gasteiger partial charge >= 0.3 is 6.09 Å². The third-order valence-electron chi connectivity index (χ3n) is 7.41. The van der Waals surface area contributed by atoms with E-state index in [-0.39, 0.29) is 6.09 Å². The molecule has 206 valence electrons. The van der Waals surface area contributed by atoms with Crippen molar-refractivity contribution in [2.45, 2.75) is 58.6 Å². The van der Waals surface area contributed by atoms with Crippen LogP contribution in [0.4, 0.5) is 4.79 Å². The zero-order valence-corrected chi connectivity index (χ0v) is 23.3. The molecule has 40 heavy (non-hydrogen) atoms. The molecule has 0 saturated heterocycles. The largest absolute Gasteiger partial charge is 0.444 e. The lowest BCUT2D eigenvalue weighted by Crippen LogP contribution is -2.41. The second kappa shape index (κ2) is 10.7. The quantitative estimate of drug-likeness (QED) is 0.293. The molecule has 6 rings (SSSR count). The second-order valence-electron chi connectivity index (χ2n) is 11.9. The molecule has 0 bridgehead atoms. The third kappa shape index (κ3) is 5.98. The molecule has 1 saturated carbocycles. The van der Waals surface area contributed by atoms with Crippen LogP contribution >= 0.6 is 0 Å². The maximum absolute atomic E-state index is 13.0. The van der Waals surface area contributed by atoms with Crippen LogP contribution in [0.25, 0.3) is 23.0 Å². The van der Waals surface area contributed by atoms with Crippen LogP contribution in [0.5, 0.6) is 0 Å². The standard InChI is InChI=1S/C31H35N7O2/c1-31(2,3)40-30(39)36(18-22-6-4-7-22)19-24-13-25-9-8-23(12-26(25)14-24)20-37-21-29(34-35-37)27-15-28(17-32-16-27)38-11-5-10-33-38/h5,8-13,15-17,21-22H,4,6-7,14,18-20H2,1-3H3. The molecular formula is C31H35N7O2. The van der Waals surface area contributed by atoms with Crippen LogP contribution in [0.1, 0.15) is 56.7 Å². The first-order valence-electron chi connectivity index (χ1n) is 13.9. The smallest absolute Gasteiger partial charge is 0.410 e. The van der Waals surface area contributed by atoms with Crippen LogP contribution < -0.4 is 0 Å². The van der Waals surface area contributed by atoms with Crippen molar-refractivity contribution in [2.75, 3.05) is 13.1 Å². The van der Waals surface area contributed by atoms with Crippen molar-refractivity contribution in [3.05, 3.63) is 83.6 Å². The summed E-state index contributed by atoms with van der Waals surface area (Å²) in [6, 6.07) is 10.4. The van der Waals surface area contributed by atoms with Crippen LogP contribution in [0.2, 0.25) is 0 Å². The molecule has 0 spiro atoms. The summed E-state index contributed by atoms with van der Waals surface area (Å²) < 4.78 is 9.36. The van der Waals surface area contributed by atoms with Crippen molar-refractivity contribution in [3.63, 3.8) is 0 Å². The maximum Gasteiger partial charge on any atom is 0.410 e. The number of nitrogens with zero attached hydrogens (tertiary/aromatic N) is 7. The van der Waals surface area contributed by atoms with Gasteiger partial charge < -0.3 is 9.64 Å². The number of ether oxygens (including phenoxy) is 1. The van der Waals surface area contributed by atoms with Gasteiger partial charge in [0.2, 0.25) is 0 Å². The zero-order valence-electron chi connectivity index (χ0n) is 23.3. The van der Waals surface area contributed by atoms with E-state index in [0.29, 0.717) is 19.0 Å². The zero-order chi connectivity index (χ0) is 27.7. The number of benzene rings is 1. The Morgan fingerprint density at radius 3 is 2.80 bits per heavy atom. The predicted octanol–water partition coefficient (Wildman–Crippen LogP) is 5.55. The van der Waals surface area contributed by atoms with E-state index in [4.69, 9.17) is 4.74 Å². The molecule has 3 aromatic heterocycles. The molecule has 0 N–H and O–H groups in total. The van der Waals surface area contributed by atoms with E-state index in [9.17, 15) is 4.79 Å². The lowest BCUT2D eigenvalue weighted by atomic mass is 9.85. The Labute approximate surface area is 234 Å². The van der Waals surface area contributed by atoms with Crippen molar-refractivity contribution in [1.82, 2.24) is 34.7 Å². The van der Waals surface area contributed by atoms with E-state index in [0.717, 1.165) is 35.5 Å². The monoisotopic (exact) mass is 537 g/mol. The number of hydrogen-bond donors (Lipinski definition) is 0. The summed E-state index contributed by atoms with van der Waals surface area (Å²) in [7, 11) is 0. The highest BCUT2D eigenvalue weighted by molar-refractivity contribution is 5.70. The molecule has 1 amide bonds. The van der Waals surface area contributed by atoms with Gasteiger partial charge in [-0.1, -0.05) is 35.9 Å². The van der Waals surface area contributed by atoms with E-state index in [1.165, 1.54) is 36.0 Å². The summed E-state index contributed by atoms with van der Waals surface area (Å²) in [4.78, 5) is 19.2. The summed E-state index contributed by atoms with van der Waals surface area (Å²) in [6.07, 6.45) is 15.6. The minimum atomic E-state index is -0.503. The molecule has 9 nitrogen and oxygen atoms in total. The van der Waals surface area contributed by atoms with Gasteiger partial charge in [0.1, 0.15) is 11.3 Å². The average molecular weight is 538 g/mol. The number of hydrogen-bond acceptors (Lipinski definition) is 6. The Hall–Kier alpha value is -4.27. The predicted molar refractivity (Wildman–Crippen MR) is 153 cm³/mol. The van der Waals surface area contributed by atoms with Gasteiger partial charge in [-0.05, 0) is 80.3 Å². The molecule has 0 unspecified atom stereocenters. The molecule has 1 fully saturated rings. The van der Waals surface area contributed by atoms with Gasteiger partial charge in [-0.3, -0.25) is 4.98 Å². The van der Waals surface area contributed by atoms with E-state index in [1.807, 2.05) is 54.9 Å². The summed E-state index contributed by atoms with van der Waals surface area (Å²) in [5.74, 6) is 0.583. The van der Waals surface area contributed by atoms with E-state index in [2.05, 4.69) is 44.7 Å². The fourth-order valence-corrected chi connectivity index (χ4v) is 5.24. The van der Waals surface area contributed by atoms with Crippen molar-refractivity contribution in [3.8, 4) is 16.9 Å². The second-order valence-corrected chi connectivity index (χ2v) is 11.9. The van der Waals surface area contributed by atoms with Crippen LogP contribution in [-0.4, -0.2) is 59.4 Å². The van der Waals surface area contributed by atoms with Gasteiger partial charge in [0.05, 0.1) is 24.6 Å². The highest BCUT2D eigenvalue weighted by Gasteiger charge is 2.28.